The third-order valence-corrected chi connectivity index (χ3v) is 5.58. The Morgan fingerprint density at radius 1 is 1.00 bits per heavy atom. The van der Waals surface area contributed by atoms with Gasteiger partial charge in [-0.25, -0.2) is 0 Å². The summed E-state index contributed by atoms with van der Waals surface area (Å²) in [4.78, 5) is 12.5. The average Bonchev–Trinajstić information content (AvgIpc) is 3.44. The molecule has 0 saturated heterocycles. The molecule has 1 heterocycles. The summed E-state index contributed by atoms with van der Waals surface area (Å²) < 4.78 is 0. The molecule has 0 unspecified atom stereocenters. The topological polar surface area (TPSA) is 57.8 Å². The van der Waals surface area contributed by atoms with Crippen LogP contribution in [0.4, 0.5) is 0 Å². The summed E-state index contributed by atoms with van der Waals surface area (Å²) in [6.07, 6.45) is 7.17. The second-order valence-electron chi connectivity index (χ2n) is 7.43. The third-order valence-electron chi connectivity index (χ3n) is 5.58. The van der Waals surface area contributed by atoms with E-state index >= 15 is 0 Å². The molecule has 0 radical (unpaired) electrons. The summed E-state index contributed by atoms with van der Waals surface area (Å²) in [5, 5.41) is 10.5. The van der Waals surface area contributed by atoms with Crippen molar-refractivity contribution in [2.24, 2.45) is 0 Å². The van der Waals surface area contributed by atoms with E-state index in [-0.39, 0.29) is 11.3 Å². The van der Waals surface area contributed by atoms with Gasteiger partial charge in [-0.15, -0.1) is 0 Å². The zero-order valence-electron chi connectivity index (χ0n) is 15.0. The molecule has 0 bridgehead atoms. The fourth-order valence-electron chi connectivity index (χ4n) is 3.95. The van der Waals surface area contributed by atoms with Gasteiger partial charge in [0.15, 0.2) is 5.69 Å². The smallest absolute Gasteiger partial charge is 0.272 e. The normalized spacial score (nSPS) is 17.3. The number of H-pyrrole nitrogens is 1. The molecule has 0 spiro atoms. The predicted molar refractivity (Wildman–Crippen MR) is 105 cm³/mol. The zero-order valence-corrected chi connectivity index (χ0v) is 15.0. The fraction of sp³-hybridized carbons (Fsp3) is 0.217. The van der Waals surface area contributed by atoms with Gasteiger partial charge in [0.2, 0.25) is 0 Å². The standard InChI is InChI=1S/C23H21N3O/c27-22(24-18-11-12-18)21-19-13-14-23(15-20(19)25-26-21,16-7-3-1-4-8-16)17-9-5-2-6-10-17/h1-10,13-14,18H,11-12,15H2,(H,24,27)(H,25,26). The van der Waals surface area contributed by atoms with Crippen molar-refractivity contribution < 1.29 is 4.79 Å². The molecule has 2 aromatic carbocycles. The Hall–Kier alpha value is -3.14. The molecule has 1 aromatic heterocycles. The Kier molecular flexibility index (Phi) is 3.71. The summed E-state index contributed by atoms with van der Waals surface area (Å²) in [6.45, 7) is 0. The lowest BCUT2D eigenvalue weighted by Gasteiger charge is -2.34. The van der Waals surface area contributed by atoms with Gasteiger partial charge in [0.05, 0.1) is 0 Å². The fourth-order valence-corrected chi connectivity index (χ4v) is 3.95. The van der Waals surface area contributed by atoms with E-state index < -0.39 is 0 Å². The van der Waals surface area contributed by atoms with Crippen LogP contribution < -0.4 is 5.32 Å². The maximum absolute atomic E-state index is 12.5. The van der Waals surface area contributed by atoms with E-state index in [2.05, 4.69) is 76.2 Å². The summed E-state index contributed by atoms with van der Waals surface area (Å²) >= 11 is 0. The lowest BCUT2D eigenvalue weighted by atomic mass is 9.68. The van der Waals surface area contributed by atoms with E-state index in [9.17, 15) is 4.79 Å². The van der Waals surface area contributed by atoms with E-state index in [1.807, 2.05) is 12.1 Å². The number of hydrogen-bond donors (Lipinski definition) is 2. The molecule has 2 aliphatic carbocycles. The minimum Gasteiger partial charge on any atom is -0.348 e. The highest BCUT2D eigenvalue weighted by molar-refractivity contribution is 5.97. The third kappa shape index (κ3) is 2.78. The van der Waals surface area contributed by atoms with Gasteiger partial charge in [-0.2, -0.15) is 5.10 Å². The Morgan fingerprint density at radius 3 is 2.22 bits per heavy atom. The molecule has 0 atom stereocenters. The van der Waals surface area contributed by atoms with Crippen molar-refractivity contribution in [3.8, 4) is 0 Å². The molecule has 1 amide bonds. The van der Waals surface area contributed by atoms with Gasteiger partial charge in [0, 0.05) is 29.1 Å². The largest absolute Gasteiger partial charge is 0.348 e. The van der Waals surface area contributed by atoms with Gasteiger partial charge >= 0.3 is 0 Å². The number of fused-ring (bicyclic) bond motifs is 1. The van der Waals surface area contributed by atoms with Crippen molar-refractivity contribution in [3.63, 3.8) is 0 Å². The van der Waals surface area contributed by atoms with E-state index in [1.165, 1.54) is 11.1 Å². The average molecular weight is 355 g/mol. The van der Waals surface area contributed by atoms with Crippen LogP contribution in [0.3, 0.4) is 0 Å². The number of allylic oxidation sites excluding steroid dienone is 1. The predicted octanol–water partition coefficient (Wildman–Crippen LogP) is 3.86. The second-order valence-corrected chi connectivity index (χ2v) is 7.43. The highest BCUT2D eigenvalue weighted by Crippen LogP contribution is 2.41. The van der Waals surface area contributed by atoms with Gasteiger partial charge in [0.1, 0.15) is 0 Å². The molecule has 27 heavy (non-hydrogen) atoms. The number of carbonyl (C=O) groups excluding carboxylic acids is 1. The molecule has 1 fully saturated rings. The molecule has 134 valence electrons. The first kappa shape index (κ1) is 16.1. The SMILES string of the molecule is O=C(NC1CC1)c1n[nH]c2c1C=CC(c1ccccc1)(c1ccccc1)C2. The quantitative estimate of drug-likeness (QED) is 0.747. The minimum atomic E-state index is -0.272. The van der Waals surface area contributed by atoms with E-state index in [0.29, 0.717) is 11.7 Å². The number of hydrogen-bond acceptors (Lipinski definition) is 2. The van der Waals surface area contributed by atoms with Gasteiger partial charge in [-0.3, -0.25) is 9.89 Å². The number of aromatic nitrogens is 2. The number of carbonyl (C=O) groups is 1. The molecular weight excluding hydrogens is 334 g/mol. The van der Waals surface area contributed by atoms with Crippen molar-refractivity contribution in [1.29, 1.82) is 0 Å². The van der Waals surface area contributed by atoms with Crippen molar-refractivity contribution in [2.75, 3.05) is 0 Å². The molecule has 4 heteroatoms. The van der Waals surface area contributed by atoms with Crippen molar-refractivity contribution in [1.82, 2.24) is 15.5 Å². The number of rotatable bonds is 4. The molecule has 1 saturated carbocycles. The van der Waals surface area contributed by atoms with Gasteiger partial charge in [0.25, 0.3) is 5.91 Å². The Balaban J connectivity index is 1.58. The van der Waals surface area contributed by atoms with Crippen molar-refractivity contribution in [2.45, 2.75) is 30.7 Å². The number of amides is 1. The first-order valence-electron chi connectivity index (χ1n) is 9.45. The van der Waals surface area contributed by atoms with Crippen LogP contribution in [0, 0.1) is 0 Å². The van der Waals surface area contributed by atoms with Crippen molar-refractivity contribution >= 4 is 12.0 Å². The van der Waals surface area contributed by atoms with Crippen LogP contribution >= 0.6 is 0 Å². The summed E-state index contributed by atoms with van der Waals surface area (Å²) in [7, 11) is 0. The lowest BCUT2D eigenvalue weighted by molar-refractivity contribution is 0.0946. The molecule has 4 nitrogen and oxygen atoms in total. The zero-order chi connectivity index (χ0) is 18.3. The lowest BCUT2D eigenvalue weighted by Crippen LogP contribution is -2.31. The number of nitrogens with one attached hydrogen (secondary N) is 2. The summed E-state index contributed by atoms with van der Waals surface area (Å²) in [6, 6.07) is 21.4. The second kappa shape index (κ2) is 6.23. The Bertz CT molecular complexity index is 961. The number of aromatic amines is 1. The molecule has 2 N–H and O–H groups in total. The molecule has 5 rings (SSSR count). The highest BCUT2D eigenvalue weighted by Gasteiger charge is 2.37. The van der Waals surface area contributed by atoms with Gasteiger partial charge in [-0.05, 0) is 24.0 Å². The highest BCUT2D eigenvalue weighted by atomic mass is 16.2. The van der Waals surface area contributed by atoms with Crippen LogP contribution in [0.2, 0.25) is 0 Å². The van der Waals surface area contributed by atoms with Crippen LogP contribution in [-0.2, 0) is 11.8 Å². The van der Waals surface area contributed by atoms with Crippen LogP contribution in [0.25, 0.3) is 6.08 Å². The number of nitrogens with zero attached hydrogens (tertiary/aromatic N) is 1. The monoisotopic (exact) mass is 355 g/mol. The molecule has 0 aliphatic heterocycles. The maximum Gasteiger partial charge on any atom is 0.272 e. The summed E-state index contributed by atoms with van der Waals surface area (Å²) in [5.41, 5.74) is 4.62. The first-order chi connectivity index (χ1) is 13.3. The molecular formula is C23H21N3O. The van der Waals surface area contributed by atoms with E-state index in [0.717, 1.165) is 30.5 Å². The summed E-state index contributed by atoms with van der Waals surface area (Å²) in [5.74, 6) is -0.0772. The van der Waals surface area contributed by atoms with Crippen LogP contribution in [0.5, 0.6) is 0 Å². The maximum atomic E-state index is 12.5. The first-order valence-corrected chi connectivity index (χ1v) is 9.45. The van der Waals surface area contributed by atoms with E-state index in [4.69, 9.17) is 0 Å². The Labute approximate surface area is 158 Å². The molecule has 3 aromatic rings. The van der Waals surface area contributed by atoms with Crippen LogP contribution in [0.15, 0.2) is 66.7 Å². The number of benzene rings is 2. The molecule has 2 aliphatic rings. The van der Waals surface area contributed by atoms with E-state index in [1.54, 1.807) is 0 Å². The Morgan fingerprint density at radius 2 is 1.63 bits per heavy atom. The minimum absolute atomic E-state index is 0.0772. The van der Waals surface area contributed by atoms with Crippen LogP contribution in [-0.4, -0.2) is 22.1 Å². The van der Waals surface area contributed by atoms with Crippen LogP contribution in [0.1, 0.15) is 45.7 Å². The van der Waals surface area contributed by atoms with Gasteiger partial charge < -0.3 is 5.32 Å². The van der Waals surface area contributed by atoms with Gasteiger partial charge in [-0.1, -0.05) is 72.8 Å². The van der Waals surface area contributed by atoms with Crippen molar-refractivity contribution in [3.05, 3.63) is 94.8 Å².